The molecule has 4 nitrogen and oxygen atoms in total. The molecule has 2 unspecified atom stereocenters. The third-order valence-corrected chi connectivity index (χ3v) is 6.85. The van der Waals surface area contributed by atoms with Crippen molar-refractivity contribution in [3.8, 4) is 0 Å². The van der Waals surface area contributed by atoms with E-state index in [-0.39, 0.29) is 6.04 Å². The SMILES string of the molecule is CNCc1sc(S(=O)(=O)NC2CCC(C)C2)cc1C. The molecule has 0 amide bonds. The van der Waals surface area contributed by atoms with E-state index in [1.807, 2.05) is 14.0 Å². The van der Waals surface area contributed by atoms with Gasteiger partial charge in [0.2, 0.25) is 10.0 Å². The van der Waals surface area contributed by atoms with Crippen molar-refractivity contribution in [1.29, 1.82) is 0 Å². The van der Waals surface area contributed by atoms with Crippen molar-refractivity contribution in [3.05, 3.63) is 16.5 Å². The number of aryl methyl sites for hydroxylation is 1. The Morgan fingerprint density at radius 3 is 2.74 bits per heavy atom. The molecular weight excluding hydrogens is 280 g/mol. The minimum atomic E-state index is -3.35. The molecule has 0 saturated heterocycles. The number of thiophene rings is 1. The summed E-state index contributed by atoms with van der Waals surface area (Å²) in [4.78, 5) is 1.09. The third-order valence-electron chi connectivity index (χ3n) is 3.62. The van der Waals surface area contributed by atoms with E-state index >= 15 is 0 Å². The first kappa shape index (κ1) is 15.0. The molecule has 0 bridgehead atoms. The Morgan fingerprint density at radius 1 is 1.42 bits per heavy atom. The summed E-state index contributed by atoms with van der Waals surface area (Å²) in [5, 5.41) is 3.06. The Hall–Kier alpha value is -0.430. The van der Waals surface area contributed by atoms with Crippen LogP contribution in [0.5, 0.6) is 0 Å². The predicted molar refractivity (Wildman–Crippen MR) is 78.9 cm³/mol. The molecule has 1 heterocycles. The third kappa shape index (κ3) is 3.56. The standard InChI is InChI=1S/C13H22N2O2S2/c1-9-4-5-11(6-9)15-19(16,17)13-7-10(2)12(18-13)8-14-3/h7,9,11,14-15H,4-6,8H2,1-3H3. The lowest BCUT2D eigenvalue weighted by molar-refractivity contribution is 0.540. The normalized spacial score (nSPS) is 23.9. The Labute approximate surface area is 119 Å². The Balaban J connectivity index is 2.13. The van der Waals surface area contributed by atoms with Crippen LogP contribution in [0, 0.1) is 12.8 Å². The minimum Gasteiger partial charge on any atom is -0.315 e. The van der Waals surface area contributed by atoms with Gasteiger partial charge in [-0.25, -0.2) is 13.1 Å². The first-order valence-electron chi connectivity index (χ1n) is 6.68. The van der Waals surface area contributed by atoms with Gasteiger partial charge in [-0.1, -0.05) is 6.92 Å². The summed E-state index contributed by atoms with van der Waals surface area (Å²) in [5.74, 6) is 0.623. The van der Waals surface area contributed by atoms with Gasteiger partial charge in [0, 0.05) is 17.5 Å². The van der Waals surface area contributed by atoms with Gasteiger partial charge in [0.05, 0.1) is 0 Å². The van der Waals surface area contributed by atoms with Crippen molar-refractivity contribution in [2.24, 2.45) is 5.92 Å². The molecule has 0 radical (unpaired) electrons. The summed E-state index contributed by atoms with van der Waals surface area (Å²) in [6, 6.07) is 1.88. The highest BCUT2D eigenvalue weighted by atomic mass is 32.2. The van der Waals surface area contributed by atoms with Crippen molar-refractivity contribution < 1.29 is 8.42 Å². The highest BCUT2D eigenvalue weighted by Crippen LogP contribution is 2.29. The average Bonchev–Trinajstić information content (AvgIpc) is 2.87. The van der Waals surface area contributed by atoms with Crippen molar-refractivity contribution in [2.75, 3.05) is 7.05 Å². The van der Waals surface area contributed by atoms with E-state index in [4.69, 9.17) is 0 Å². The fourth-order valence-electron chi connectivity index (χ4n) is 2.55. The fourth-order valence-corrected chi connectivity index (χ4v) is 5.45. The lowest BCUT2D eigenvalue weighted by atomic mass is 10.1. The van der Waals surface area contributed by atoms with Gasteiger partial charge in [-0.15, -0.1) is 11.3 Å². The topological polar surface area (TPSA) is 58.2 Å². The van der Waals surface area contributed by atoms with Gasteiger partial charge in [0.15, 0.2) is 0 Å². The smallest absolute Gasteiger partial charge is 0.250 e. The number of rotatable bonds is 5. The fraction of sp³-hybridized carbons (Fsp3) is 0.692. The van der Waals surface area contributed by atoms with Gasteiger partial charge in [-0.3, -0.25) is 0 Å². The number of sulfonamides is 1. The quantitative estimate of drug-likeness (QED) is 0.877. The largest absolute Gasteiger partial charge is 0.315 e. The summed E-state index contributed by atoms with van der Waals surface area (Å²) in [7, 11) is -1.48. The van der Waals surface area contributed by atoms with Crippen LogP contribution < -0.4 is 10.0 Å². The average molecular weight is 302 g/mol. The highest BCUT2D eigenvalue weighted by Gasteiger charge is 2.27. The minimum absolute atomic E-state index is 0.107. The zero-order chi connectivity index (χ0) is 14.0. The maximum absolute atomic E-state index is 12.3. The van der Waals surface area contributed by atoms with Crippen molar-refractivity contribution in [3.63, 3.8) is 0 Å². The molecule has 2 N–H and O–H groups in total. The van der Waals surface area contributed by atoms with Crippen LogP contribution in [0.15, 0.2) is 10.3 Å². The monoisotopic (exact) mass is 302 g/mol. The predicted octanol–water partition coefficient (Wildman–Crippen LogP) is 2.24. The van der Waals surface area contributed by atoms with Crippen LogP contribution in [0.25, 0.3) is 0 Å². The second-order valence-electron chi connectivity index (χ2n) is 5.44. The maximum atomic E-state index is 12.3. The molecule has 1 fully saturated rings. The zero-order valence-corrected chi connectivity index (χ0v) is 13.3. The van der Waals surface area contributed by atoms with E-state index in [0.29, 0.717) is 16.7 Å². The Kier molecular flexibility index (Phi) is 4.66. The lowest BCUT2D eigenvalue weighted by Crippen LogP contribution is -2.32. The van der Waals surface area contributed by atoms with Crippen LogP contribution in [0.1, 0.15) is 36.6 Å². The van der Waals surface area contributed by atoms with Gasteiger partial charge in [-0.05, 0) is 50.8 Å². The molecule has 1 saturated carbocycles. The molecule has 0 aromatic carbocycles. The van der Waals surface area contributed by atoms with E-state index in [1.165, 1.54) is 11.3 Å². The summed E-state index contributed by atoms with van der Waals surface area (Å²) in [6.45, 7) is 4.85. The molecule has 2 atom stereocenters. The molecule has 0 spiro atoms. The lowest BCUT2D eigenvalue weighted by Gasteiger charge is -2.11. The Morgan fingerprint density at radius 2 is 2.16 bits per heavy atom. The number of nitrogens with one attached hydrogen (secondary N) is 2. The molecular formula is C13H22N2O2S2. The Bertz CT molecular complexity index is 537. The number of hydrogen-bond donors (Lipinski definition) is 2. The first-order valence-corrected chi connectivity index (χ1v) is 8.98. The zero-order valence-electron chi connectivity index (χ0n) is 11.7. The maximum Gasteiger partial charge on any atom is 0.250 e. The van der Waals surface area contributed by atoms with Crippen LogP contribution in [0.4, 0.5) is 0 Å². The molecule has 2 rings (SSSR count). The summed E-state index contributed by atoms with van der Waals surface area (Å²) >= 11 is 1.36. The van der Waals surface area contributed by atoms with Gasteiger partial charge in [-0.2, -0.15) is 0 Å². The van der Waals surface area contributed by atoms with E-state index < -0.39 is 10.0 Å². The van der Waals surface area contributed by atoms with Crippen LogP contribution in [-0.2, 0) is 16.6 Å². The molecule has 1 aliphatic rings. The summed E-state index contributed by atoms with van der Waals surface area (Å²) < 4.78 is 28.0. The molecule has 6 heteroatoms. The van der Waals surface area contributed by atoms with Crippen LogP contribution >= 0.6 is 11.3 Å². The van der Waals surface area contributed by atoms with Gasteiger partial charge in [0.1, 0.15) is 4.21 Å². The van der Waals surface area contributed by atoms with Crippen molar-refractivity contribution in [2.45, 2.75) is 49.9 Å². The van der Waals surface area contributed by atoms with Gasteiger partial charge >= 0.3 is 0 Å². The molecule has 0 aliphatic heterocycles. The highest BCUT2D eigenvalue weighted by molar-refractivity contribution is 7.91. The van der Waals surface area contributed by atoms with E-state index in [9.17, 15) is 8.42 Å². The van der Waals surface area contributed by atoms with E-state index in [1.54, 1.807) is 6.07 Å². The van der Waals surface area contributed by atoms with Crippen LogP contribution in [0.3, 0.4) is 0 Å². The number of hydrogen-bond acceptors (Lipinski definition) is 4. The second kappa shape index (κ2) is 5.91. The van der Waals surface area contributed by atoms with Crippen LogP contribution in [-0.4, -0.2) is 21.5 Å². The first-order chi connectivity index (χ1) is 8.92. The van der Waals surface area contributed by atoms with Crippen LogP contribution in [0.2, 0.25) is 0 Å². The molecule has 108 valence electrons. The van der Waals surface area contributed by atoms with Crippen molar-refractivity contribution >= 4 is 21.4 Å². The van der Waals surface area contributed by atoms with E-state index in [2.05, 4.69) is 17.0 Å². The molecule has 19 heavy (non-hydrogen) atoms. The second-order valence-corrected chi connectivity index (χ2v) is 8.52. The molecule has 1 aliphatic carbocycles. The van der Waals surface area contributed by atoms with Gasteiger partial charge < -0.3 is 5.32 Å². The summed E-state index contributed by atoms with van der Waals surface area (Å²) in [6.07, 6.45) is 3.02. The van der Waals surface area contributed by atoms with Gasteiger partial charge in [0.25, 0.3) is 0 Å². The van der Waals surface area contributed by atoms with E-state index in [0.717, 1.165) is 29.7 Å². The molecule has 1 aromatic rings. The van der Waals surface area contributed by atoms with Crippen molar-refractivity contribution in [1.82, 2.24) is 10.0 Å². The molecule has 1 aromatic heterocycles. The summed E-state index contributed by atoms with van der Waals surface area (Å²) in [5.41, 5.74) is 1.04.